The molecule has 2 heterocycles. The van der Waals surface area contributed by atoms with E-state index in [4.69, 9.17) is 5.73 Å². The van der Waals surface area contributed by atoms with Gasteiger partial charge in [0, 0.05) is 19.1 Å². The maximum atomic E-state index is 6.07. The summed E-state index contributed by atoms with van der Waals surface area (Å²) in [7, 11) is 0. The van der Waals surface area contributed by atoms with Gasteiger partial charge < -0.3 is 10.6 Å². The van der Waals surface area contributed by atoms with E-state index >= 15 is 0 Å². The summed E-state index contributed by atoms with van der Waals surface area (Å²) in [6, 6.07) is 4.86. The second-order valence-corrected chi connectivity index (χ2v) is 5.98. The van der Waals surface area contributed by atoms with Crippen molar-refractivity contribution < 1.29 is 0 Å². The van der Waals surface area contributed by atoms with Crippen molar-refractivity contribution in [3.05, 3.63) is 17.5 Å². The van der Waals surface area contributed by atoms with Gasteiger partial charge in [-0.3, -0.25) is 0 Å². The third-order valence-corrected chi connectivity index (χ3v) is 4.64. The molecular weight excluding hydrogens is 204 g/mol. The predicted octanol–water partition coefficient (Wildman–Crippen LogP) is 2.31. The molecule has 2 unspecified atom stereocenters. The van der Waals surface area contributed by atoms with Gasteiger partial charge in [0.15, 0.2) is 0 Å². The summed E-state index contributed by atoms with van der Waals surface area (Å²) in [6.45, 7) is 2.45. The lowest BCUT2D eigenvalue weighted by atomic mass is 9.76. The lowest BCUT2D eigenvalue weighted by molar-refractivity contribution is 0.209. The van der Waals surface area contributed by atoms with Crippen LogP contribution in [0.4, 0.5) is 5.00 Å². The van der Waals surface area contributed by atoms with Gasteiger partial charge in [0.05, 0.1) is 5.00 Å². The maximum Gasteiger partial charge on any atom is 0.0908 e. The van der Waals surface area contributed by atoms with Crippen molar-refractivity contribution in [1.29, 1.82) is 0 Å². The van der Waals surface area contributed by atoms with Crippen molar-refractivity contribution in [3.63, 3.8) is 0 Å². The molecule has 0 spiro atoms. The Kier molecular flexibility index (Phi) is 2.45. The Labute approximate surface area is 95.1 Å². The number of rotatable bonds is 1. The summed E-state index contributed by atoms with van der Waals surface area (Å²) in [6.07, 6.45) is 3.88. The first-order chi connectivity index (χ1) is 7.31. The number of piperidine rings is 1. The van der Waals surface area contributed by atoms with E-state index in [0.29, 0.717) is 6.04 Å². The van der Waals surface area contributed by atoms with Crippen LogP contribution in [0, 0.1) is 11.8 Å². The first-order valence-electron chi connectivity index (χ1n) is 5.85. The van der Waals surface area contributed by atoms with Crippen LogP contribution in [-0.4, -0.2) is 19.1 Å². The van der Waals surface area contributed by atoms with Gasteiger partial charge in [0.1, 0.15) is 0 Å². The molecule has 0 aromatic carbocycles. The molecule has 2 fully saturated rings. The van der Waals surface area contributed by atoms with Gasteiger partial charge in [-0.15, -0.1) is 11.3 Å². The normalized spacial score (nSPS) is 35.5. The van der Waals surface area contributed by atoms with Crippen molar-refractivity contribution in [2.45, 2.75) is 25.3 Å². The molecule has 1 aliphatic heterocycles. The topological polar surface area (TPSA) is 29.3 Å². The Bertz CT molecular complexity index is 304. The molecule has 2 atom stereocenters. The molecular formula is C12H18N2S. The Morgan fingerprint density at radius 1 is 1.20 bits per heavy atom. The first kappa shape index (κ1) is 9.67. The largest absolute Gasteiger partial charge is 0.363 e. The van der Waals surface area contributed by atoms with Gasteiger partial charge in [-0.1, -0.05) is 0 Å². The van der Waals surface area contributed by atoms with Crippen LogP contribution in [0.25, 0.3) is 0 Å². The Morgan fingerprint density at radius 2 is 1.93 bits per heavy atom. The third kappa shape index (κ3) is 1.91. The SMILES string of the molecule is NC1CC2CC(C1)CN(c1cccs1)C2. The fourth-order valence-corrected chi connectivity index (χ4v) is 3.99. The van der Waals surface area contributed by atoms with Gasteiger partial charge in [0.2, 0.25) is 0 Å². The Morgan fingerprint density at radius 3 is 2.53 bits per heavy atom. The summed E-state index contributed by atoms with van der Waals surface area (Å²) in [5.41, 5.74) is 6.07. The van der Waals surface area contributed by atoms with Crippen LogP contribution in [0.15, 0.2) is 17.5 Å². The summed E-state index contributed by atoms with van der Waals surface area (Å²) in [5, 5.41) is 3.62. The second kappa shape index (κ2) is 3.80. The number of thiophene rings is 1. The van der Waals surface area contributed by atoms with Crippen molar-refractivity contribution in [2.24, 2.45) is 17.6 Å². The standard InChI is InChI=1S/C12H18N2S/c13-11-5-9-4-10(6-11)8-14(7-9)12-2-1-3-15-12/h1-3,9-11H,4-8,13H2. The molecule has 82 valence electrons. The molecule has 3 rings (SSSR count). The fraction of sp³-hybridized carbons (Fsp3) is 0.667. The maximum absolute atomic E-state index is 6.07. The summed E-state index contributed by atoms with van der Waals surface area (Å²) in [4.78, 5) is 2.56. The molecule has 2 N–H and O–H groups in total. The Balaban J connectivity index is 1.75. The van der Waals surface area contributed by atoms with Crippen LogP contribution < -0.4 is 10.6 Å². The minimum atomic E-state index is 0.472. The summed E-state index contributed by atoms with van der Waals surface area (Å²) >= 11 is 1.86. The van der Waals surface area contributed by atoms with Crippen LogP contribution in [0.3, 0.4) is 0 Å². The lowest BCUT2D eigenvalue weighted by Gasteiger charge is -2.43. The van der Waals surface area contributed by atoms with Crippen molar-refractivity contribution in [3.8, 4) is 0 Å². The number of fused-ring (bicyclic) bond motifs is 2. The van der Waals surface area contributed by atoms with Crippen molar-refractivity contribution >= 4 is 16.3 Å². The van der Waals surface area contributed by atoms with Crippen LogP contribution in [0.2, 0.25) is 0 Å². The molecule has 1 aromatic rings. The number of hydrogen-bond acceptors (Lipinski definition) is 3. The quantitative estimate of drug-likeness (QED) is 0.790. The van der Waals surface area contributed by atoms with Gasteiger partial charge in [-0.2, -0.15) is 0 Å². The van der Waals surface area contributed by atoms with Gasteiger partial charge in [-0.05, 0) is 48.6 Å². The molecule has 1 saturated heterocycles. The minimum Gasteiger partial charge on any atom is -0.363 e. The Hall–Kier alpha value is -0.540. The second-order valence-electron chi connectivity index (χ2n) is 5.06. The minimum absolute atomic E-state index is 0.472. The number of anilines is 1. The van der Waals surface area contributed by atoms with E-state index in [2.05, 4.69) is 22.4 Å². The van der Waals surface area contributed by atoms with Gasteiger partial charge >= 0.3 is 0 Å². The average Bonchev–Trinajstić information content (AvgIpc) is 2.67. The first-order valence-corrected chi connectivity index (χ1v) is 6.73. The van der Waals surface area contributed by atoms with E-state index in [9.17, 15) is 0 Å². The van der Waals surface area contributed by atoms with E-state index in [-0.39, 0.29) is 0 Å². The molecule has 0 radical (unpaired) electrons. The molecule has 2 bridgehead atoms. The molecule has 15 heavy (non-hydrogen) atoms. The average molecular weight is 222 g/mol. The third-order valence-electron chi connectivity index (χ3n) is 3.71. The van der Waals surface area contributed by atoms with E-state index in [1.54, 1.807) is 0 Å². The van der Waals surface area contributed by atoms with Crippen molar-refractivity contribution in [1.82, 2.24) is 0 Å². The summed E-state index contributed by atoms with van der Waals surface area (Å²) < 4.78 is 0. The van der Waals surface area contributed by atoms with E-state index in [0.717, 1.165) is 11.8 Å². The van der Waals surface area contributed by atoms with Crippen LogP contribution in [0.1, 0.15) is 19.3 Å². The smallest absolute Gasteiger partial charge is 0.0908 e. The zero-order valence-electron chi connectivity index (χ0n) is 8.93. The summed E-state index contributed by atoms with van der Waals surface area (Å²) in [5.74, 6) is 1.68. The highest BCUT2D eigenvalue weighted by atomic mass is 32.1. The molecule has 1 saturated carbocycles. The highest BCUT2D eigenvalue weighted by Gasteiger charge is 2.33. The number of hydrogen-bond donors (Lipinski definition) is 1. The van der Waals surface area contributed by atoms with Crippen LogP contribution >= 0.6 is 11.3 Å². The van der Waals surface area contributed by atoms with Crippen LogP contribution in [-0.2, 0) is 0 Å². The fourth-order valence-electron chi connectivity index (χ4n) is 3.24. The molecule has 2 nitrogen and oxygen atoms in total. The van der Waals surface area contributed by atoms with Gasteiger partial charge in [-0.25, -0.2) is 0 Å². The number of nitrogens with zero attached hydrogens (tertiary/aromatic N) is 1. The van der Waals surface area contributed by atoms with E-state index in [1.807, 2.05) is 11.3 Å². The van der Waals surface area contributed by atoms with E-state index in [1.165, 1.54) is 37.4 Å². The monoisotopic (exact) mass is 222 g/mol. The van der Waals surface area contributed by atoms with Crippen LogP contribution in [0.5, 0.6) is 0 Å². The lowest BCUT2D eigenvalue weighted by Crippen LogP contribution is -2.47. The zero-order valence-corrected chi connectivity index (χ0v) is 9.75. The van der Waals surface area contributed by atoms with Gasteiger partial charge in [0.25, 0.3) is 0 Å². The highest BCUT2D eigenvalue weighted by Crippen LogP contribution is 2.37. The molecule has 1 aliphatic carbocycles. The zero-order chi connectivity index (χ0) is 10.3. The molecule has 1 aromatic heterocycles. The molecule has 2 aliphatic rings. The number of nitrogens with two attached hydrogens (primary N) is 1. The molecule has 0 amide bonds. The highest BCUT2D eigenvalue weighted by molar-refractivity contribution is 7.14. The molecule has 3 heteroatoms. The predicted molar refractivity (Wildman–Crippen MR) is 65.3 cm³/mol. The van der Waals surface area contributed by atoms with E-state index < -0.39 is 0 Å². The van der Waals surface area contributed by atoms with Crippen molar-refractivity contribution in [2.75, 3.05) is 18.0 Å².